The molecule has 0 bridgehead atoms. The second kappa shape index (κ2) is 8.10. The van der Waals surface area contributed by atoms with Gasteiger partial charge >= 0.3 is 0 Å². The van der Waals surface area contributed by atoms with Crippen LogP contribution in [0.1, 0.15) is 35.5 Å². The van der Waals surface area contributed by atoms with Crippen LogP contribution in [0.15, 0.2) is 77.9 Å². The second-order valence-corrected chi connectivity index (χ2v) is 6.92. The average Bonchev–Trinajstić information content (AvgIpc) is 3.27. The first-order chi connectivity index (χ1) is 14.1. The van der Waals surface area contributed by atoms with E-state index in [0.717, 1.165) is 34.3 Å². The van der Waals surface area contributed by atoms with E-state index in [0.29, 0.717) is 5.69 Å². The molecular formula is C24H22N4O. The van der Waals surface area contributed by atoms with Crippen molar-refractivity contribution < 1.29 is 4.79 Å². The molecule has 5 heteroatoms. The Hall–Kier alpha value is -3.73. The summed E-state index contributed by atoms with van der Waals surface area (Å²) in [5.41, 5.74) is 7.63. The molecule has 1 amide bonds. The van der Waals surface area contributed by atoms with Crippen LogP contribution in [0.5, 0.6) is 0 Å². The number of hydrogen-bond acceptors (Lipinski definition) is 3. The first-order valence-electron chi connectivity index (χ1n) is 9.62. The molecule has 3 aromatic carbocycles. The van der Waals surface area contributed by atoms with Gasteiger partial charge in [0.1, 0.15) is 5.69 Å². The fourth-order valence-electron chi connectivity index (χ4n) is 3.18. The number of rotatable bonds is 5. The number of aromatic amines is 1. The van der Waals surface area contributed by atoms with Gasteiger partial charge in [0.05, 0.1) is 11.4 Å². The largest absolute Gasteiger partial charge is 0.289 e. The van der Waals surface area contributed by atoms with E-state index < -0.39 is 0 Å². The molecule has 0 spiro atoms. The molecule has 0 unspecified atom stereocenters. The molecule has 29 heavy (non-hydrogen) atoms. The van der Waals surface area contributed by atoms with Crippen LogP contribution in [0.2, 0.25) is 0 Å². The molecule has 0 saturated carbocycles. The molecule has 0 saturated heterocycles. The third-order valence-electron chi connectivity index (χ3n) is 4.97. The highest BCUT2D eigenvalue weighted by Gasteiger charge is 2.11. The van der Waals surface area contributed by atoms with Crippen molar-refractivity contribution in [1.82, 2.24) is 15.6 Å². The van der Waals surface area contributed by atoms with Gasteiger partial charge in [-0.1, -0.05) is 67.6 Å². The Morgan fingerprint density at radius 3 is 2.52 bits per heavy atom. The van der Waals surface area contributed by atoms with Gasteiger partial charge in [-0.25, -0.2) is 5.43 Å². The predicted octanol–water partition coefficient (Wildman–Crippen LogP) is 4.95. The Bertz CT molecular complexity index is 1190. The van der Waals surface area contributed by atoms with Gasteiger partial charge in [-0.2, -0.15) is 10.2 Å². The number of amides is 1. The van der Waals surface area contributed by atoms with E-state index >= 15 is 0 Å². The van der Waals surface area contributed by atoms with Crippen LogP contribution in [-0.2, 0) is 6.42 Å². The maximum atomic E-state index is 12.4. The molecule has 4 aromatic rings. The number of nitrogens with one attached hydrogen (secondary N) is 2. The Balaban J connectivity index is 1.48. The third kappa shape index (κ3) is 4.09. The first kappa shape index (κ1) is 18.6. The van der Waals surface area contributed by atoms with Gasteiger partial charge in [-0.3, -0.25) is 9.89 Å². The lowest BCUT2D eigenvalue weighted by molar-refractivity contribution is 0.0950. The Kier molecular flexibility index (Phi) is 5.20. The lowest BCUT2D eigenvalue weighted by Crippen LogP contribution is -2.19. The highest BCUT2D eigenvalue weighted by atomic mass is 16.2. The van der Waals surface area contributed by atoms with Crippen LogP contribution in [0.4, 0.5) is 0 Å². The maximum Gasteiger partial charge on any atom is 0.289 e. The van der Waals surface area contributed by atoms with E-state index in [1.807, 2.05) is 37.3 Å². The number of hydrazone groups is 1. The van der Waals surface area contributed by atoms with E-state index in [2.05, 4.69) is 64.0 Å². The first-order valence-corrected chi connectivity index (χ1v) is 9.62. The summed E-state index contributed by atoms with van der Waals surface area (Å²) >= 11 is 0. The number of hydrogen-bond donors (Lipinski definition) is 2. The number of benzene rings is 3. The number of fused-ring (bicyclic) bond motifs is 1. The van der Waals surface area contributed by atoms with Crippen molar-refractivity contribution in [2.75, 3.05) is 0 Å². The summed E-state index contributed by atoms with van der Waals surface area (Å²) in [7, 11) is 0. The SMILES string of the molecule is CCc1ccc(/C(C)=N\NC(=O)c2cc(-c3ccc4ccccc4c3)n[nH]2)cc1. The zero-order valence-corrected chi connectivity index (χ0v) is 16.4. The Morgan fingerprint density at radius 2 is 1.76 bits per heavy atom. The number of aryl methyl sites for hydroxylation is 1. The fourth-order valence-corrected chi connectivity index (χ4v) is 3.18. The lowest BCUT2D eigenvalue weighted by atomic mass is 10.1. The Labute approximate surface area is 169 Å². The third-order valence-corrected chi connectivity index (χ3v) is 4.97. The second-order valence-electron chi connectivity index (χ2n) is 6.92. The summed E-state index contributed by atoms with van der Waals surface area (Å²) < 4.78 is 0. The van der Waals surface area contributed by atoms with Crippen molar-refractivity contribution in [2.45, 2.75) is 20.3 Å². The molecule has 1 heterocycles. The Morgan fingerprint density at radius 1 is 1.00 bits per heavy atom. The normalized spacial score (nSPS) is 11.6. The molecule has 4 rings (SSSR count). The fraction of sp³-hybridized carbons (Fsp3) is 0.125. The van der Waals surface area contributed by atoms with Crippen LogP contribution in [0.3, 0.4) is 0 Å². The zero-order chi connectivity index (χ0) is 20.2. The number of aromatic nitrogens is 2. The predicted molar refractivity (Wildman–Crippen MR) is 117 cm³/mol. The van der Waals surface area contributed by atoms with Crippen molar-refractivity contribution >= 4 is 22.4 Å². The molecule has 0 radical (unpaired) electrons. The minimum Gasteiger partial charge on any atom is -0.272 e. The molecule has 0 aliphatic carbocycles. The van der Waals surface area contributed by atoms with Crippen molar-refractivity contribution in [3.8, 4) is 11.3 Å². The molecular weight excluding hydrogens is 360 g/mol. The lowest BCUT2D eigenvalue weighted by Gasteiger charge is -2.03. The van der Waals surface area contributed by atoms with Gasteiger partial charge in [-0.15, -0.1) is 0 Å². The van der Waals surface area contributed by atoms with Crippen LogP contribution in [-0.4, -0.2) is 21.8 Å². The highest BCUT2D eigenvalue weighted by molar-refractivity contribution is 6.00. The summed E-state index contributed by atoms with van der Waals surface area (Å²) in [5.74, 6) is -0.325. The molecule has 0 aliphatic heterocycles. The summed E-state index contributed by atoms with van der Waals surface area (Å²) in [6.07, 6.45) is 0.993. The summed E-state index contributed by atoms with van der Waals surface area (Å²) in [4.78, 5) is 12.4. The smallest absolute Gasteiger partial charge is 0.272 e. The maximum absolute atomic E-state index is 12.4. The van der Waals surface area contributed by atoms with E-state index in [1.54, 1.807) is 6.07 Å². The summed E-state index contributed by atoms with van der Waals surface area (Å²) in [5, 5.41) is 13.6. The molecule has 144 valence electrons. The van der Waals surface area contributed by atoms with E-state index in [1.165, 1.54) is 10.9 Å². The van der Waals surface area contributed by atoms with Crippen LogP contribution >= 0.6 is 0 Å². The van der Waals surface area contributed by atoms with Crippen molar-refractivity contribution in [1.29, 1.82) is 0 Å². The zero-order valence-electron chi connectivity index (χ0n) is 16.4. The quantitative estimate of drug-likeness (QED) is 0.379. The molecule has 2 N–H and O–H groups in total. The van der Waals surface area contributed by atoms with Gasteiger partial charge < -0.3 is 0 Å². The average molecular weight is 382 g/mol. The molecule has 0 aliphatic rings. The van der Waals surface area contributed by atoms with Gasteiger partial charge in [-0.05, 0) is 47.4 Å². The molecule has 5 nitrogen and oxygen atoms in total. The van der Waals surface area contributed by atoms with E-state index in [-0.39, 0.29) is 5.91 Å². The van der Waals surface area contributed by atoms with Gasteiger partial charge in [0.25, 0.3) is 5.91 Å². The van der Waals surface area contributed by atoms with Crippen LogP contribution in [0, 0.1) is 0 Å². The summed E-state index contributed by atoms with van der Waals surface area (Å²) in [6, 6.07) is 24.2. The monoisotopic (exact) mass is 382 g/mol. The van der Waals surface area contributed by atoms with Crippen molar-refractivity contribution in [3.63, 3.8) is 0 Å². The summed E-state index contributed by atoms with van der Waals surface area (Å²) in [6.45, 7) is 3.99. The molecule has 0 fully saturated rings. The van der Waals surface area contributed by atoms with Crippen LogP contribution in [0.25, 0.3) is 22.0 Å². The number of carbonyl (C=O) groups is 1. The van der Waals surface area contributed by atoms with E-state index in [4.69, 9.17) is 0 Å². The number of H-pyrrole nitrogens is 1. The topological polar surface area (TPSA) is 70.1 Å². The minimum absolute atomic E-state index is 0.325. The van der Waals surface area contributed by atoms with Crippen molar-refractivity contribution in [3.05, 3.63) is 89.6 Å². The molecule has 0 atom stereocenters. The minimum atomic E-state index is -0.325. The van der Waals surface area contributed by atoms with Gasteiger partial charge in [0.15, 0.2) is 0 Å². The van der Waals surface area contributed by atoms with Crippen LogP contribution < -0.4 is 5.43 Å². The standard InChI is InChI=1S/C24H22N4O/c1-3-17-8-10-18(11-9-17)16(2)25-28-24(29)23-15-22(26-27-23)21-13-12-19-6-4-5-7-20(19)14-21/h4-15H,3H2,1-2H3,(H,26,27)(H,28,29)/b25-16-. The van der Waals surface area contributed by atoms with Gasteiger partial charge in [0.2, 0.25) is 0 Å². The highest BCUT2D eigenvalue weighted by Crippen LogP contribution is 2.23. The van der Waals surface area contributed by atoms with Gasteiger partial charge in [0, 0.05) is 5.56 Å². The number of carbonyl (C=O) groups excluding carboxylic acids is 1. The van der Waals surface area contributed by atoms with E-state index in [9.17, 15) is 4.79 Å². The number of nitrogens with zero attached hydrogens (tertiary/aromatic N) is 2. The molecule has 1 aromatic heterocycles. The van der Waals surface area contributed by atoms with Crippen molar-refractivity contribution in [2.24, 2.45) is 5.10 Å².